The number of benzene rings is 5. The third-order valence-corrected chi connectivity index (χ3v) is 16.4. The van der Waals surface area contributed by atoms with Gasteiger partial charge in [0.15, 0.2) is 0 Å². The molecule has 1 N–H and O–H groups in total. The summed E-state index contributed by atoms with van der Waals surface area (Å²) >= 11 is 0. The van der Waals surface area contributed by atoms with Crippen LogP contribution in [0.3, 0.4) is 0 Å². The van der Waals surface area contributed by atoms with Gasteiger partial charge in [-0.2, -0.15) is 13.2 Å². The first-order valence-corrected chi connectivity index (χ1v) is 26.9. The highest BCUT2D eigenvalue weighted by molar-refractivity contribution is 7.92. The first-order chi connectivity index (χ1) is 34.7. The van der Waals surface area contributed by atoms with E-state index in [2.05, 4.69) is 41.1 Å². The van der Waals surface area contributed by atoms with Crippen molar-refractivity contribution < 1.29 is 54.5 Å². The predicted octanol–water partition coefficient (Wildman–Crippen LogP) is 9.62. The Morgan fingerprint density at radius 1 is 0.653 bits per heavy atom. The second-order valence-electron chi connectivity index (χ2n) is 23.0. The number of amides is 1. The maximum atomic E-state index is 14.2. The Kier molecular flexibility index (Phi) is 16.4. The van der Waals surface area contributed by atoms with Crippen LogP contribution in [0, 0.1) is 6.92 Å². The van der Waals surface area contributed by atoms with Crippen LogP contribution >= 0.6 is 0 Å². The molecule has 0 radical (unpaired) electrons. The van der Waals surface area contributed by atoms with E-state index in [0.29, 0.717) is 30.7 Å². The third kappa shape index (κ3) is 12.7. The lowest BCUT2D eigenvalue weighted by Gasteiger charge is -2.32. The molecule has 2 fully saturated rings. The molecule has 2 aliphatic rings. The number of halogens is 3. The summed E-state index contributed by atoms with van der Waals surface area (Å²) in [6.45, 7) is 30.1. The van der Waals surface area contributed by atoms with Gasteiger partial charge in [-0.3, -0.25) is 19.4 Å². The number of ether oxygens (including phenoxy) is 1. The van der Waals surface area contributed by atoms with Crippen molar-refractivity contribution in [2.45, 2.75) is 161 Å². The van der Waals surface area contributed by atoms with E-state index >= 15 is 0 Å². The number of hydrogen-bond donors (Lipinski definition) is 1. The van der Waals surface area contributed by atoms with Crippen LogP contribution in [0.1, 0.15) is 117 Å². The fraction of sp³-hybridized carbons (Fsp3) is 0.474. The molecule has 0 aromatic heterocycles. The minimum absolute atomic E-state index is 0.0615. The second-order valence-corrected chi connectivity index (χ2v) is 25.0. The summed E-state index contributed by atoms with van der Waals surface area (Å²) in [6, 6.07) is 25.6. The van der Waals surface area contributed by atoms with Crippen LogP contribution in [-0.2, 0) is 69.0 Å². The van der Waals surface area contributed by atoms with Crippen LogP contribution in [0.5, 0.6) is 0 Å². The Labute approximate surface area is 441 Å². The number of aryl methyl sites for hydroxylation is 1. The number of fused-ring (bicyclic) bond motifs is 2. The zero-order valence-electron chi connectivity index (χ0n) is 45.7. The quantitative estimate of drug-likeness (QED) is 0.0390. The molecule has 402 valence electrons. The fourth-order valence-corrected chi connectivity index (χ4v) is 10.2. The van der Waals surface area contributed by atoms with Crippen molar-refractivity contribution in [2.75, 3.05) is 19.6 Å². The monoisotopic (exact) mass is 1050 g/mol. The highest BCUT2D eigenvalue weighted by Crippen LogP contribution is 2.40. The summed E-state index contributed by atoms with van der Waals surface area (Å²) in [5.41, 5.74) is -3.25. The summed E-state index contributed by atoms with van der Waals surface area (Å²) in [4.78, 5) is 29.6. The van der Waals surface area contributed by atoms with Crippen LogP contribution in [-0.4, -0.2) is 97.5 Å². The molecule has 0 saturated carbocycles. The molecule has 75 heavy (non-hydrogen) atoms. The van der Waals surface area contributed by atoms with Crippen molar-refractivity contribution in [3.05, 3.63) is 125 Å². The minimum atomic E-state index is -5.75. The van der Waals surface area contributed by atoms with Crippen LogP contribution in [0.2, 0.25) is 0 Å². The van der Waals surface area contributed by atoms with E-state index in [-0.39, 0.29) is 50.0 Å². The Morgan fingerprint density at radius 2 is 1.07 bits per heavy atom. The normalized spacial score (nSPS) is 17.4. The Balaban J connectivity index is 1.34. The number of alkyl halides is 3. The van der Waals surface area contributed by atoms with Crippen LogP contribution in [0.25, 0.3) is 21.5 Å². The molecule has 0 atom stereocenters. The van der Waals surface area contributed by atoms with Gasteiger partial charge in [-0.25, -0.2) is 8.42 Å². The zero-order valence-corrected chi connectivity index (χ0v) is 46.5. The molecule has 0 bridgehead atoms. The number of nitrogens with zero attached hydrogens (tertiary/aromatic N) is 2. The highest BCUT2D eigenvalue weighted by Gasteiger charge is 2.54. The first-order valence-electron chi connectivity index (χ1n) is 25.5. The van der Waals surface area contributed by atoms with Gasteiger partial charge in [0.2, 0.25) is 5.91 Å². The van der Waals surface area contributed by atoms with Gasteiger partial charge in [0.1, 0.15) is 5.60 Å². The number of hydrogen-bond acceptors (Lipinski definition) is 11. The van der Waals surface area contributed by atoms with Crippen molar-refractivity contribution >= 4 is 68.4 Å². The average molecular weight is 1050 g/mol. The van der Waals surface area contributed by atoms with Crippen molar-refractivity contribution in [3.8, 4) is 0 Å². The lowest BCUT2D eigenvalue weighted by Crippen LogP contribution is -2.41. The number of carbonyl (C=O) groups excluding carboxylic acids is 2. The van der Waals surface area contributed by atoms with E-state index < -0.39 is 62.5 Å². The van der Waals surface area contributed by atoms with Crippen LogP contribution in [0.15, 0.2) is 102 Å². The molecule has 2 aliphatic heterocycles. The predicted molar refractivity (Wildman–Crippen MR) is 290 cm³/mol. The maximum Gasteiger partial charge on any atom is 0.501 e. The molecule has 12 nitrogen and oxygen atoms in total. The van der Waals surface area contributed by atoms with E-state index in [0.717, 1.165) is 61.4 Å². The largest absolute Gasteiger partial charge is 0.501 e. The smallest absolute Gasteiger partial charge is 0.460 e. The molecule has 5 aromatic rings. The van der Waals surface area contributed by atoms with Gasteiger partial charge < -0.3 is 28.7 Å². The number of rotatable bonds is 18. The molecule has 0 unspecified atom stereocenters. The zero-order chi connectivity index (χ0) is 55.3. The third-order valence-electron chi connectivity index (χ3n) is 14.9. The molecule has 18 heteroatoms. The van der Waals surface area contributed by atoms with E-state index in [1.54, 1.807) is 6.92 Å². The van der Waals surface area contributed by atoms with Gasteiger partial charge >= 0.3 is 25.7 Å². The molecule has 0 spiro atoms. The summed E-state index contributed by atoms with van der Waals surface area (Å²) in [7, 11) is -7.42. The van der Waals surface area contributed by atoms with E-state index in [4.69, 9.17) is 23.4 Å². The van der Waals surface area contributed by atoms with Gasteiger partial charge in [-0.1, -0.05) is 84.9 Å². The molecular weight excluding hydrogens is 981 g/mol. The van der Waals surface area contributed by atoms with E-state index in [9.17, 15) is 31.2 Å². The number of carbonyl (C=O) groups is 2. The van der Waals surface area contributed by atoms with Gasteiger partial charge in [0, 0.05) is 51.4 Å². The molecule has 2 saturated heterocycles. The minimum Gasteiger partial charge on any atom is -0.460 e. The second kappa shape index (κ2) is 21.4. The highest BCUT2D eigenvalue weighted by atomic mass is 32.2. The van der Waals surface area contributed by atoms with E-state index in [1.165, 1.54) is 6.07 Å². The molecule has 2 heterocycles. The van der Waals surface area contributed by atoms with Crippen molar-refractivity contribution in [1.82, 2.24) is 15.1 Å². The lowest BCUT2D eigenvalue weighted by molar-refractivity contribution is -0.155. The summed E-state index contributed by atoms with van der Waals surface area (Å²) < 4.78 is 100. The fourth-order valence-electron chi connectivity index (χ4n) is 9.42. The van der Waals surface area contributed by atoms with Gasteiger partial charge in [0.05, 0.1) is 33.7 Å². The summed E-state index contributed by atoms with van der Waals surface area (Å²) in [5.74, 6) is -0.688. The van der Waals surface area contributed by atoms with Gasteiger partial charge in [-0.15, -0.1) is 0 Å². The molecule has 5 aromatic carbocycles. The lowest BCUT2D eigenvalue weighted by atomic mass is 9.75. The average Bonchev–Trinajstić information content (AvgIpc) is 3.66. The van der Waals surface area contributed by atoms with Crippen molar-refractivity contribution in [1.29, 1.82) is 0 Å². The van der Waals surface area contributed by atoms with Gasteiger partial charge in [-0.05, 0) is 157 Å². The summed E-state index contributed by atoms with van der Waals surface area (Å²) in [5, 5.41) is 6.58. The SMILES string of the molecule is C=C(C)C(=O)NCCN(Cc1cc(S(=O)(=O)C(F)(F)F)ccc1B1OC(C)(C)C(C)(C)O1)Cc1c2ccccc2c(CN(CCC(=O)OC(C)(C)C)Cc2cc(C)ccc2B2OC(C)(C)C(C)(C)O2)c2ccccc12. The standard InChI is InChI=1S/C57H72B2F3N3O9S/c1-37(2)51(67)63-28-30-65(34-40-32-41(75(68,69)57(60,61)62)24-26-49(40)59-73-55(11,12)56(13,14)74-59)36-47-44-21-17-15-19-42(44)46(43-20-16-18-22-45(43)47)35-64(29-27-50(66)70-52(4,5)6)33-39-31-38(3)23-25-48(39)58-71-53(7,8)54(9,10)72-58/h15-26,31-32H,1,27-30,33-36H2,2-14H3,(H,63,67). The topological polar surface area (TPSA) is 133 Å². The summed E-state index contributed by atoms with van der Waals surface area (Å²) in [6.07, 6.45) is 0.124. The Morgan fingerprint density at radius 3 is 1.48 bits per heavy atom. The number of esters is 1. The maximum absolute atomic E-state index is 14.2. The van der Waals surface area contributed by atoms with Crippen molar-refractivity contribution in [2.24, 2.45) is 0 Å². The van der Waals surface area contributed by atoms with Crippen LogP contribution < -0.4 is 16.2 Å². The molecule has 1 amide bonds. The first kappa shape index (κ1) is 57.6. The molecule has 0 aliphatic carbocycles. The van der Waals surface area contributed by atoms with Gasteiger partial charge in [0.25, 0.3) is 9.84 Å². The Hall–Kier alpha value is -5.07. The number of sulfone groups is 1. The Bertz CT molecular complexity index is 3010. The molecular formula is C57H72B2F3N3O9S. The van der Waals surface area contributed by atoms with E-state index in [1.807, 2.05) is 130 Å². The molecule has 7 rings (SSSR count). The van der Waals surface area contributed by atoms with Crippen LogP contribution in [0.4, 0.5) is 13.2 Å². The number of nitrogens with one attached hydrogen (secondary N) is 1. The van der Waals surface area contributed by atoms with Crippen molar-refractivity contribution in [3.63, 3.8) is 0 Å².